The zero-order valence-electron chi connectivity index (χ0n) is 28.2. The van der Waals surface area contributed by atoms with Crippen LogP contribution in [0.15, 0.2) is 53.7 Å². The Labute approximate surface area is 272 Å². The van der Waals surface area contributed by atoms with E-state index in [-0.39, 0.29) is 18.5 Å². The molecule has 0 bridgehead atoms. The van der Waals surface area contributed by atoms with E-state index in [1.807, 2.05) is 34.6 Å². The van der Waals surface area contributed by atoms with Crippen LogP contribution in [0.1, 0.15) is 18.9 Å². The number of aromatic nitrogens is 8. The summed E-state index contributed by atoms with van der Waals surface area (Å²) in [5, 5.41) is 10.4. The minimum Gasteiger partial charge on any atom is -0.361 e. The molecule has 46 heavy (non-hydrogen) atoms. The van der Waals surface area contributed by atoms with E-state index in [9.17, 15) is 4.79 Å². The van der Waals surface area contributed by atoms with Crippen molar-refractivity contribution in [1.82, 2.24) is 38.7 Å². The summed E-state index contributed by atoms with van der Waals surface area (Å²) in [4.78, 5) is 23.4. The van der Waals surface area contributed by atoms with Gasteiger partial charge in [0.25, 0.3) is 0 Å². The Morgan fingerprint density at radius 3 is 2.20 bits per heavy atom. The largest absolute Gasteiger partial charge is 0.361 e. The highest BCUT2D eigenvalue weighted by Crippen LogP contribution is 2.41. The van der Waals surface area contributed by atoms with Crippen LogP contribution in [0.4, 0.5) is 0 Å². The van der Waals surface area contributed by atoms with Gasteiger partial charge in [0.1, 0.15) is 25.0 Å². The van der Waals surface area contributed by atoms with Crippen LogP contribution < -0.4 is 5.69 Å². The lowest BCUT2D eigenvalue weighted by Gasteiger charge is -2.17. The van der Waals surface area contributed by atoms with Gasteiger partial charge < -0.3 is 9.47 Å². The number of hydrogen-bond acceptors (Lipinski definition) is 7. The summed E-state index contributed by atoms with van der Waals surface area (Å²) in [6, 6.07) is 12.4. The lowest BCUT2D eigenvalue weighted by Crippen LogP contribution is -2.27. The van der Waals surface area contributed by atoms with Gasteiger partial charge in [-0.2, -0.15) is 9.78 Å². The van der Waals surface area contributed by atoms with Crippen LogP contribution in [-0.2, 0) is 30.0 Å². The third-order valence-corrected chi connectivity index (χ3v) is 11.8. The summed E-state index contributed by atoms with van der Waals surface area (Å²) in [7, 11) is -0.622. The number of hydrogen-bond donors (Lipinski definition) is 0. The summed E-state index contributed by atoms with van der Waals surface area (Å²) in [6.07, 6.45) is 7.28. The first-order valence-corrected chi connectivity index (χ1v) is 23.6. The van der Waals surface area contributed by atoms with E-state index in [0.29, 0.717) is 31.5 Å². The summed E-state index contributed by atoms with van der Waals surface area (Å²) < 4.78 is 19.7. The standard InChI is InChI=1S/C33H46N8O3Si2/c1-38-28-20-25(8-9-26(28)21-35-38)30-29(32-37-40(23-44-17-19-46(5,6)7)33(42)41(32)27-10-11-27)36-31(24-12-14-34-15-13-24)39(30)22-43-16-18-45(2,3)4/h8-9,12-15,20-21,27H,10-11,16-19,22-23H2,1-7H3. The molecule has 4 heterocycles. The predicted molar refractivity (Wildman–Crippen MR) is 187 cm³/mol. The Morgan fingerprint density at radius 2 is 1.54 bits per heavy atom. The molecule has 4 aromatic heterocycles. The Hall–Kier alpha value is -3.66. The molecule has 1 aromatic carbocycles. The van der Waals surface area contributed by atoms with Crippen LogP contribution in [0.3, 0.4) is 0 Å². The fraction of sp³-hybridized carbons (Fsp3) is 0.485. The first-order chi connectivity index (χ1) is 21.9. The minimum absolute atomic E-state index is 0.0909. The smallest absolute Gasteiger partial charge is 0.348 e. The Morgan fingerprint density at radius 1 is 0.870 bits per heavy atom. The van der Waals surface area contributed by atoms with Crippen molar-refractivity contribution in [1.29, 1.82) is 0 Å². The number of aryl methyl sites for hydroxylation is 1. The summed E-state index contributed by atoms with van der Waals surface area (Å²) in [5.74, 6) is 1.29. The highest BCUT2D eigenvalue weighted by Gasteiger charge is 2.34. The van der Waals surface area contributed by atoms with E-state index < -0.39 is 16.1 Å². The quantitative estimate of drug-likeness (QED) is 0.0993. The van der Waals surface area contributed by atoms with E-state index >= 15 is 0 Å². The Balaban J connectivity index is 1.51. The van der Waals surface area contributed by atoms with E-state index in [1.54, 1.807) is 12.4 Å². The maximum absolute atomic E-state index is 13.9. The molecule has 1 fully saturated rings. The molecule has 1 saturated carbocycles. The van der Waals surface area contributed by atoms with Gasteiger partial charge in [0, 0.05) is 71.4 Å². The molecule has 244 valence electrons. The van der Waals surface area contributed by atoms with Gasteiger partial charge in [0.15, 0.2) is 5.82 Å². The number of pyridine rings is 1. The van der Waals surface area contributed by atoms with Crippen molar-refractivity contribution in [3.05, 3.63) is 59.4 Å². The molecule has 5 aromatic rings. The maximum atomic E-state index is 13.9. The van der Waals surface area contributed by atoms with Crippen molar-refractivity contribution in [2.24, 2.45) is 7.05 Å². The van der Waals surface area contributed by atoms with Crippen LogP contribution in [0.25, 0.3) is 45.1 Å². The van der Waals surface area contributed by atoms with Crippen molar-refractivity contribution in [3.63, 3.8) is 0 Å². The van der Waals surface area contributed by atoms with Gasteiger partial charge in [-0.25, -0.2) is 9.78 Å². The maximum Gasteiger partial charge on any atom is 0.348 e. The predicted octanol–water partition coefficient (Wildman–Crippen LogP) is 6.48. The first kappa shape index (κ1) is 32.3. The van der Waals surface area contributed by atoms with Crippen molar-refractivity contribution in [2.75, 3.05) is 13.2 Å². The topological polar surface area (TPSA) is 107 Å². The fourth-order valence-electron chi connectivity index (χ4n) is 5.43. The molecule has 0 atom stereocenters. The van der Waals surface area contributed by atoms with Crippen molar-refractivity contribution < 1.29 is 9.47 Å². The molecule has 6 rings (SSSR count). The van der Waals surface area contributed by atoms with Crippen molar-refractivity contribution in [3.8, 4) is 34.2 Å². The van der Waals surface area contributed by atoms with Crippen molar-refractivity contribution >= 4 is 27.1 Å². The van der Waals surface area contributed by atoms with E-state index in [4.69, 9.17) is 19.6 Å². The molecule has 0 amide bonds. The van der Waals surface area contributed by atoms with Gasteiger partial charge in [-0.1, -0.05) is 51.4 Å². The number of fused-ring (bicyclic) bond motifs is 1. The first-order valence-electron chi connectivity index (χ1n) is 16.2. The normalized spacial score (nSPS) is 14.1. The molecular formula is C33H46N8O3Si2. The summed E-state index contributed by atoms with van der Waals surface area (Å²) in [6.45, 7) is 15.7. The Kier molecular flexibility index (Phi) is 9.03. The molecule has 0 aliphatic heterocycles. The Bertz CT molecular complexity index is 1870. The van der Waals surface area contributed by atoms with Gasteiger partial charge in [-0.3, -0.25) is 18.8 Å². The van der Waals surface area contributed by atoms with Gasteiger partial charge in [0.05, 0.1) is 17.4 Å². The second-order valence-electron chi connectivity index (χ2n) is 14.7. The molecule has 0 unspecified atom stereocenters. The van der Waals surface area contributed by atoms with Crippen LogP contribution in [0.5, 0.6) is 0 Å². The van der Waals surface area contributed by atoms with Crippen LogP contribution in [-0.4, -0.2) is 68.0 Å². The van der Waals surface area contributed by atoms with E-state index in [2.05, 4.69) is 72.1 Å². The minimum atomic E-state index is -1.30. The average Bonchev–Trinajstić information content (AvgIpc) is 3.55. The second kappa shape index (κ2) is 12.9. The molecule has 13 heteroatoms. The third-order valence-electron chi connectivity index (χ3n) is 8.35. The second-order valence-corrected chi connectivity index (χ2v) is 26.0. The van der Waals surface area contributed by atoms with Gasteiger partial charge >= 0.3 is 5.69 Å². The highest BCUT2D eigenvalue weighted by molar-refractivity contribution is 6.76. The zero-order valence-corrected chi connectivity index (χ0v) is 30.2. The molecule has 0 spiro atoms. The number of benzene rings is 1. The lowest BCUT2D eigenvalue weighted by molar-refractivity contribution is 0.0756. The molecule has 11 nitrogen and oxygen atoms in total. The van der Waals surface area contributed by atoms with Crippen LogP contribution in [0.2, 0.25) is 51.4 Å². The molecule has 1 aliphatic rings. The lowest BCUT2D eigenvalue weighted by atomic mass is 10.1. The molecule has 0 radical (unpaired) electrons. The van der Waals surface area contributed by atoms with Crippen molar-refractivity contribution in [2.45, 2.75) is 83.7 Å². The molecular weight excluding hydrogens is 613 g/mol. The number of nitrogens with zero attached hydrogens (tertiary/aromatic N) is 8. The average molecular weight is 659 g/mol. The SMILES string of the molecule is Cn1ncc2ccc(-c3c(-c4nn(COCC[Si](C)(C)C)c(=O)n4C4CC4)nc(-c4ccncc4)n3COCC[Si](C)(C)C)cc21. The highest BCUT2D eigenvalue weighted by atomic mass is 28.3. The summed E-state index contributed by atoms with van der Waals surface area (Å²) >= 11 is 0. The van der Waals surface area contributed by atoms with Gasteiger partial charge in [0.2, 0.25) is 0 Å². The molecule has 0 N–H and O–H groups in total. The number of rotatable bonds is 14. The monoisotopic (exact) mass is 658 g/mol. The molecule has 1 aliphatic carbocycles. The number of ether oxygens (including phenoxy) is 2. The van der Waals surface area contributed by atoms with E-state index in [1.165, 1.54) is 4.68 Å². The van der Waals surface area contributed by atoms with E-state index in [0.717, 1.165) is 58.5 Å². The van der Waals surface area contributed by atoms with Crippen LogP contribution >= 0.6 is 0 Å². The fourth-order valence-corrected chi connectivity index (χ4v) is 6.94. The summed E-state index contributed by atoms with van der Waals surface area (Å²) in [5.41, 5.74) is 4.19. The third kappa shape index (κ3) is 7.17. The van der Waals surface area contributed by atoms with Gasteiger partial charge in [-0.15, -0.1) is 5.10 Å². The molecule has 0 saturated heterocycles. The van der Waals surface area contributed by atoms with Crippen LogP contribution in [0, 0.1) is 0 Å². The van der Waals surface area contributed by atoms with Gasteiger partial charge in [-0.05, 0) is 43.1 Å². The number of imidazole rings is 1. The zero-order chi connectivity index (χ0) is 32.6.